The van der Waals surface area contributed by atoms with Crippen molar-refractivity contribution < 1.29 is 14.3 Å². The minimum atomic E-state index is -0.391. The van der Waals surface area contributed by atoms with E-state index in [0.717, 1.165) is 12.8 Å². The largest absolute Gasteiger partial charge is 0.461 e. The van der Waals surface area contributed by atoms with Crippen LogP contribution in [-0.2, 0) is 14.3 Å². The molecule has 0 spiro atoms. The van der Waals surface area contributed by atoms with Crippen molar-refractivity contribution in [1.82, 2.24) is 5.32 Å². The third-order valence-electron chi connectivity index (χ3n) is 1.91. The molecule has 12 heavy (non-hydrogen) atoms. The van der Waals surface area contributed by atoms with Gasteiger partial charge in [-0.2, -0.15) is 0 Å². The second-order valence-electron chi connectivity index (χ2n) is 2.99. The van der Waals surface area contributed by atoms with Crippen LogP contribution in [0.3, 0.4) is 0 Å². The van der Waals surface area contributed by atoms with Crippen LogP contribution in [0.1, 0.15) is 19.8 Å². The molecule has 0 saturated heterocycles. The van der Waals surface area contributed by atoms with Crippen molar-refractivity contribution in [1.29, 1.82) is 0 Å². The summed E-state index contributed by atoms with van der Waals surface area (Å²) in [5, 5.41) is 2.13. The van der Waals surface area contributed by atoms with Crippen LogP contribution in [0.15, 0.2) is 0 Å². The Morgan fingerprint density at radius 1 is 1.75 bits per heavy atom. The molecular formula is C8H12NO3. The minimum absolute atomic E-state index is 0.00838. The van der Waals surface area contributed by atoms with Gasteiger partial charge in [-0.1, -0.05) is 0 Å². The summed E-state index contributed by atoms with van der Waals surface area (Å²) < 4.78 is 5.00. The van der Waals surface area contributed by atoms with E-state index in [9.17, 15) is 9.59 Å². The summed E-state index contributed by atoms with van der Waals surface area (Å²) in [6.45, 7) is 1.79. The molecule has 67 valence electrons. The molecule has 1 atom stereocenters. The molecular weight excluding hydrogens is 158 g/mol. The molecule has 1 rings (SSSR count). The number of hydrogen-bond donors (Lipinski definition) is 1. The van der Waals surface area contributed by atoms with E-state index in [1.807, 2.05) is 6.92 Å². The molecule has 0 aromatic heterocycles. The van der Waals surface area contributed by atoms with Gasteiger partial charge in [-0.3, -0.25) is 9.59 Å². The maximum atomic E-state index is 10.9. The smallest absolute Gasteiger partial charge is 0.325 e. The van der Waals surface area contributed by atoms with Crippen LogP contribution in [0.25, 0.3) is 0 Å². The lowest BCUT2D eigenvalue weighted by Gasteiger charge is -2.10. The lowest BCUT2D eigenvalue weighted by atomic mass is 10.3. The van der Waals surface area contributed by atoms with E-state index in [0.29, 0.717) is 5.92 Å². The van der Waals surface area contributed by atoms with Crippen LogP contribution in [0.5, 0.6) is 0 Å². The Hall–Kier alpha value is -1.06. The summed E-state index contributed by atoms with van der Waals surface area (Å²) in [6.07, 6.45) is 3.69. The molecule has 0 aliphatic heterocycles. The van der Waals surface area contributed by atoms with Crippen molar-refractivity contribution in [3.05, 3.63) is 0 Å². The van der Waals surface area contributed by atoms with Crippen LogP contribution >= 0.6 is 0 Å². The highest BCUT2D eigenvalue weighted by molar-refractivity contribution is 5.74. The van der Waals surface area contributed by atoms with Crippen LogP contribution < -0.4 is 5.32 Å². The van der Waals surface area contributed by atoms with Crippen LogP contribution in [0.2, 0.25) is 0 Å². The standard InChI is InChI=1S/C8H12NO3/c1-6(7-2-3-7)12-8(11)4-9-5-10/h6-7H,2-4H2,1H3,(H,9,10). The molecule has 0 aromatic carbocycles. The Kier molecular flexibility index (Phi) is 3.08. The molecule has 0 aromatic rings. The van der Waals surface area contributed by atoms with Gasteiger partial charge in [0, 0.05) is 0 Å². The van der Waals surface area contributed by atoms with Gasteiger partial charge in [0.15, 0.2) is 0 Å². The highest BCUT2D eigenvalue weighted by Gasteiger charge is 2.30. The summed E-state index contributed by atoms with van der Waals surface area (Å²) in [4.78, 5) is 20.6. The zero-order valence-corrected chi connectivity index (χ0v) is 7.00. The van der Waals surface area contributed by atoms with Gasteiger partial charge in [-0.15, -0.1) is 0 Å². The van der Waals surface area contributed by atoms with Gasteiger partial charge in [-0.25, -0.2) is 0 Å². The van der Waals surface area contributed by atoms with Crippen LogP contribution in [-0.4, -0.2) is 25.0 Å². The number of ether oxygens (including phenoxy) is 1. The van der Waals surface area contributed by atoms with Gasteiger partial charge < -0.3 is 10.1 Å². The molecule has 1 saturated carbocycles. The maximum absolute atomic E-state index is 10.9. The first-order chi connectivity index (χ1) is 5.74. The Morgan fingerprint density at radius 3 is 2.92 bits per heavy atom. The minimum Gasteiger partial charge on any atom is -0.461 e. The second kappa shape index (κ2) is 4.09. The first kappa shape index (κ1) is 9.03. The van der Waals surface area contributed by atoms with E-state index >= 15 is 0 Å². The highest BCUT2D eigenvalue weighted by Crippen LogP contribution is 2.33. The second-order valence-corrected chi connectivity index (χ2v) is 2.99. The van der Waals surface area contributed by atoms with Crippen molar-refractivity contribution in [3.8, 4) is 0 Å². The zero-order chi connectivity index (χ0) is 8.97. The number of esters is 1. The Morgan fingerprint density at radius 2 is 2.42 bits per heavy atom. The summed E-state index contributed by atoms with van der Waals surface area (Å²) in [7, 11) is 0. The van der Waals surface area contributed by atoms with E-state index in [2.05, 4.69) is 5.32 Å². The van der Waals surface area contributed by atoms with Crippen molar-refractivity contribution in [2.75, 3.05) is 6.54 Å². The molecule has 1 fully saturated rings. The fourth-order valence-corrected chi connectivity index (χ4v) is 1.02. The average molecular weight is 170 g/mol. The molecule has 1 unspecified atom stereocenters. The maximum Gasteiger partial charge on any atom is 0.325 e. The normalized spacial score (nSPS) is 18.1. The third-order valence-corrected chi connectivity index (χ3v) is 1.91. The predicted octanol–water partition coefficient (Wildman–Crippen LogP) is -0.0151. The summed E-state index contributed by atoms with van der Waals surface area (Å²) in [6, 6.07) is 0. The Labute approximate surface area is 71.3 Å². The van der Waals surface area contributed by atoms with Gasteiger partial charge >= 0.3 is 12.4 Å². The number of rotatable bonds is 5. The first-order valence-corrected chi connectivity index (χ1v) is 4.03. The van der Waals surface area contributed by atoms with Gasteiger partial charge in [0.25, 0.3) is 0 Å². The molecule has 4 heteroatoms. The molecule has 4 nitrogen and oxygen atoms in total. The van der Waals surface area contributed by atoms with E-state index < -0.39 is 5.97 Å². The van der Waals surface area contributed by atoms with Crippen molar-refractivity contribution >= 4 is 12.4 Å². The third kappa shape index (κ3) is 2.90. The van der Waals surface area contributed by atoms with Gasteiger partial charge in [0.2, 0.25) is 0 Å². The Balaban J connectivity index is 2.11. The fourth-order valence-electron chi connectivity index (χ4n) is 1.02. The van der Waals surface area contributed by atoms with Crippen LogP contribution in [0.4, 0.5) is 0 Å². The number of nitrogens with one attached hydrogen (secondary N) is 1. The van der Waals surface area contributed by atoms with E-state index in [1.165, 1.54) is 6.41 Å². The quantitative estimate of drug-likeness (QED) is 0.466. The SMILES string of the molecule is CC(OC(=O)CN[C]=O)C1CC1. The highest BCUT2D eigenvalue weighted by atomic mass is 16.5. The molecule has 0 bridgehead atoms. The number of amides is 1. The number of hydrogen-bond acceptors (Lipinski definition) is 3. The molecule has 1 N–H and O–H groups in total. The van der Waals surface area contributed by atoms with E-state index in [-0.39, 0.29) is 12.6 Å². The lowest BCUT2D eigenvalue weighted by Crippen LogP contribution is -2.27. The van der Waals surface area contributed by atoms with Gasteiger partial charge in [-0.05, 0) is 25.7 Å². The van der Waals surface area contributed by atoms with Gasteiger partial charge in [0.1, 0.15) is 12.6 Å². The lowest BCUT2D eigenvalue weighted by molar-refractivity contribution is -0.147. The van der Waals surface area contributed by atoms with Crippen molar-refractivity contribution in [2.24, 2.45) is 5.92 Å². The monoisotopic (exact) mass is 170 g/mol. The summed E-state index contributed by atoms with van der Waals surface area (Å²) >= 11 is 0. The van der Waals surface area contributed by atoms with Gasteiger partial charge in [0.05, 0.1) is 0 Å². The predicted molar refractivity (Wildman–Crippen MR) is 42.0 cm³/mol. The topological polar surface area (TPSA) is 55.4 Å². The molecule has 0 heterocycles. The fraction of sp³-hybridized carbons (Fsp3) is 0.750. The van der Waals surface area contributed by atoms with E-state index in [1.54, 1.807) is 0 Å². The summed E-state index contributed by atoms with van der Waals surface area (Å²) in [5.41, 5.74) is 0. The van der Waals surface area contributed by atoms with Crippen LogP contribution in [0, 0.1) is 5.92 Å². The number of carbonyl (C=O) groups excluding carboxylic acids is 2. The molecule has 1 amide bonds. The van der Waals surface area contributed by atoms with Crippen molar-refractivity contribution in [3.63, 3.8) is 0 Å². The molecule has 1 radical (unpaired) electrons. The Bertz CT molecular complexity index is 177. The molecule has 1 aliphatic carbocycles. The first-order valence-electron chi connectivity index (χ1n) is 4.03. The molecule has 1 aliphatic rings. The zero-order valence-electron chi connectivity index (χ0n) is 7.00. The van der Waals surface area contributed by atoms with E-state index in [4.69, 9.17) is 4.74 Å². The number of carbonyl (C=O) groups is 1. The summed E-state index contributed by atoms with van der Waals surface area (Å²) in [5.74, 6) is 0.145. The average Bonchev–Trinajstić information content (AvgIpc) is 2.82. The van der Waals surface area contributed by atoms with Crippen molar-refractivity contribution in [2.45, 2.75) is 25.9 Å².